The molecule has 4 aromatic rings. The maximum absolute atomic E-state index is 6.52. The number of aromatic nitrogens is 4. The van der Waals surface area contributed by atoms with Crippen molar-refractivity contribution in [2.75, 3.05) is 10.6 Å². The van der Waals surface area contributed by atoms with Gasteiger partial charge in [0.2, 0.25) is 0 Å². The maximum atomic E-state index is 6.52. The van der Waals surface area contributed by atoms with Gasteiger partial charge in [-0.2, -0.15) is 9.61 Å². The van der Waals surface area contributed by atoms with Gasteiger partial charge in [0.15, 0.2) is 5.65 Å². The van der Waals surface area contributed by atoms with Gasteiger partial charge < -0.3 is 10.6 Å². The molecular formula is C19H16BrClN6. The van der Waals surface area contributed by atoms with Crippen LogP contribution < -0.4 is 10.6 Å². The van der Waals surface area contributed by atoms with E-state index < -0.39 is 5.50 Å². The molecule has 0 saturated heterocycles. The fourth-order valence-corrected chi connectivity index (χ4v) is 3.27. The van der Waals surface area contributed by atoms with Crippen LogP contribution >= 0.6 is 27.5 Å². The Morgan fingerprint density at radius 2 is 1.96 bits per heavy atom. The van der Waals surface area contributed by atoms with Crippen molar-refractivity contribution in [2.45, 2.75) is 12.0 Å². The fourth-order valence-electron chi connectivity index (χ4n) is 2.67. The number of pyridine rings is 1. The predicted molar refractivity (Wildman–Crippen MR) is 111 cm³/mol. The minimum Gasteiger partial charge on any atom is -0.366 e. The highest BCUT2D eigenvalue weighted by molar-refractivity contribution is 9.10. The number of nitrogens with one attached hydrogen (secondary N) is 2. The lowest BCUT2D eigenvalue weighted by Gasteiger charge is -2.15. The number of nitrogens with zero attached hydrogens (tertiary/aromatic N) is 4. The molecule has 0 aliphatic rings. The standard InChI is InChI=1S/C19H16BrClN6/c20-15-12-24-27-17(23-11-13-5-4-8-22-10-13)9-16(26-19(15)27)25-18(21)14-6-2-1-3-7-14/h1-10,12,18,23H,11H2,(H,25,26). The normalized spacial score (nSPS) is 12.1. The molecule has 0 fully saturated rings. The van der Waals surface area contributed by atoms with Gasteiger partial charge in [-0.15, -0.1) is 0 Å². The summed E-state index contributed by atoms with van der Waals surface area (Å²) in [5.74, 6) is 1.45. The average Bonchev–Trinajstić information content (AvgIpc) is 3.08. The molecule has 1 aromatic carbocycles. The van der Waals surface area contributed by atoms with E-state index >= 15 is 0 Å². The topological polar surface area (TPSA) is 67.1 Å². The Hall–Kier alpha value is -2.64. The second-order valence-electron chi connectivity index (χ2n) is 5.89. The third-order valence-corrected chi connectivity index (χ3v) is 4.91. The molecule has 3 heterocycles. The molecule has 0 saturated carbocycles. The number of halogens is 2. The van der Waals surface area contributed by atoms with E-state index in [1.165, 1.54) is 0 Å². The second-order valence-corrected chi connectivity index (χ2v) is 7.18. The number of hydrogen-bond acceptors (Lipinski definition) is 5. The van der Waals surface area contributed by atoms with E-state index in [0.717, 1.165) is 21.4 Å². The van der Waals surface area contributed by atoms with Gasteiger partial charge in [-0.05, 0) is 33.1 Å². The van der Waals surface area contributed by atoms with Crippen molar-refractivity contribution in [3.05, 3.63) is 82.7 Å². The van der Waals surface area contributed by atoms with Crippen LogP contribution in [0.25, 0.3) is 5.65 Å². The summed E-state index contributed by atoms with van der Waals surface area (Å²) in [6, 6.07) is 15.6. The summed E-state index contributed by atoms with van der Waals surface area (Å²) in [5, 5.41) is 11.0. The lowest BCUT2D eigenvalue weighted by Crippen LogP contribution is -2.10. The Bertz CT molecular complexity index is 1040. The molecule has 0 bridgehead atoms. The van der Waals surface area contributed by atoms with Gasteiger partial charge in [0.1, 0.15) is 17.1 Å². The number of anilines is 2. The summed E-state index contributed by atoms with van der Waals surface area (Å²) in [4.78, 5) is 8.76. The van der Waals surface area contributed by atoms with Gasteiger partial charge in [0.05, 0.1) is 10.7 Å². The lowest BCUT2D eigenvalue weighted by molar-refractivity contribution is 0.920. The molecule has 27 heavy (non-hydrogen) atoms. The first-order valence-corrected chi connectivity index (χ1v) is 9.56. The van der Waals surface area contributed by atoms with Crippen LogP contribution in [0.15, 0.2) is 71.6 Å². The van der Waals surface area contributed by atoms with Gasteiger partial charge in [-0.25, -0.2) is 4.98 Å². The molecule has 0 radical (unpaired) electrons. The maximum Gasteiger partial charge on any atom is 0.173 e. The van der Waals surface area contributed by atoms with E-state index in [0.29, 0.717) is 18.0 Å². The Kier molecular flexibility index (Phi) is 5.22. The fraction of sp³-hybridized carbons (Fsp3) is 0.105. The molecule has 6 nitrogen and oxygen atoms in total. The summed E-state index contributed by atoms with van der Waals surface area (Å²) in [6.45, 7) is 0.618. The Labute approximate surface area is 169 Å². The highest BCUT2D eigenvalue weighted by Gasteiger charge is 2.13. The minimum atomic E-state index is -0.394. The van der Waals surface area contributed by atoms with Crippen molar-refractivity contribution in [3.8, 4) is 0 Å². The summed E-state index contributed by atoms with van der Waals surface area (Å²) < 4.78 is 2.55. The SMILES string of the molecule is ClC(Nc1cc(NCc2cccnc2)n2ncc(Br)c2n1)c1ccccc1. The molecule has 0 aliphatic heterocycles. The van der Waals surface area contributed by atoms with Crippen molar-refractivity contribution < 1.29 is 0 Å². The van der Waals surface area contributed by atoms with Crippen LogP contribution in [-0.2, 0) is 6.54 Å². The van der Waals surface area contributed by atoms with Gasteiger partial charge in [-0.1, -0.05) is 48.0 Å². The van der Waals surface area contributed by atoms with Gasteiger partial charge in [0, 0.05) is 25.0 Å². The van der Waals surface area contributed by atoms with E-state index in [4.69, 9.17) is 11.6 Å². The molecule has 4 rings (SSSR count). The Morgan fingerprint density at radius 3 is 2.74 bits per heavy atom. The van der Waals surface area contributed by atoms with Crippen molar-refractivity contribution in [3.63, 3.8) is 0 Å². The van der Waals surface area contributed by atoms with Crippen LogP contribution in [0.5, 0.6) is 0 Å². The van der Waals surface area contributed by atoms with Crippen LogP contribution in [-0.4, -0.2) is 19.6 Å². The number of benzene rings is 1. The molecule has 0 aliphatic carbocycles. The van der Waals surface area contributed by atoms with Gasteiger partial charge in [-0.3, -0.25) is 4.98 Å². The van der Waals surface area contributed by atoms with Crippen LogP contribution in [0.1, 0.15) is 16.6 Å². The lowest BCUT2D eigenvalue weighted by atomic mass is 10.2. The van der Waals surface area contributed by atoms with E-state index in [2.05, 4.69) is 41.6 Å². The van der Waals surface area contributed by atoms with Crippen LogP contribution in [0.2, 0.25) is 0 Å². The van der Waals surface area contributed by atoms with Crippen LogP contribution in [0.4, 0.5) is 11.6 Å². The van der Waals surface area contributed by atoms with Crippen LogP contribution in [0.3, 0.4) is 0 Å². The molecule has 1 unspecified atom stereocenters. The Morgan fingerprint density at radius 1 is 1.11 bits per heavy atom. The molecule has 0 spiro atoms. The van der Waals surface area contributed by atoms with E-state index in [9.17, 15) is 0 Å². The van der Waals surface area contributed by atoms with Crippen LogP contribution in [0, 0.1) is 0 Å². The highest BCUT2D eigenvalue weighted by atomic mass is 79.9. The van der Waals surface area contributed by atoms with E-state index in [-0.39, 0.29) is 0 Å². The first kappa shape index (κ1) is 17.8. The molecule has 1 atom stereocenters. The van der Waals surface area contributed by atoms with Crippen molar-refractivity contribution in [1.29, 1.82) is 0 Å². The highest BCUT2D eigenvalue weighted by Crippen LogP contribution is 2.27. The number of alkyl halides is 1. The minimum absolute atomic E-state index is 0.394. The van der Waals surface area contributed by atoms with Gasteiger partial charge >= 0.3 is 0 Å². The number of rotatable bonds is 6. The van der Waals surface area contributed by atoms with Crippen molar-refractivity contribution >= 4 is 44.8 Å². The first-order valence-electron chi connectivity index (χ1n) is 8.33. The predicted octanol–water partition coefficient (Wildman–Crippen LogP) is 4.85. The molecule has 2 N–H and O–H groups in total. The van der Waals surface area contributed by atoms with E-state index in [1.807, 2.05) is 54.7 Å². The number of fused-ring (bicyclic) bond motifs is 1. The summed E-state index contributed by atoms with van der Waals surface area (Å²) in [7, 11) is 0. The van der Waals surface area contributed by atoms with Crippen molar-refractivity contribution in [2.24, 2.45) is 0 Å². The largest absolute Gasteiger partial charge is 0.366 e. The summed E-state index contributed by atoms with van der Waals surface area (Å²) in [5.41, 5.74) is 2.35. The molecule has 3 aromatic heterocycles. The third kappa shape index (κ3) is 4.04. The smallest absolute Gasteiger partial charge is 0.173 e. The van der Waals surface area contributed by atoms with E-state index in [1.54, 1.807) is 16.9 Å². The molecular weight excluding hydrogens is 428 g/mol. The zero-order valence-electron chi connectivity index (χ0n) is 14.2. The summed E-state index contributed by atoms with van der Waals surface area (Å²) >= 11 is 10.0. The van der Waals surface area contributed by atoms with Gasteiger partial charge in [0.25, 0.3) is 0 Å². The second kappa shape index (κ2) is 7.94. The zero-order chi connectivity index (χ0) is 18.6. The molecule has 0 amide bonds. The monoisotopic (exact) mass is 442 g/mol. The molecule has 136 valence electrons. The van der Waals surface area contributed by atoms with Crippen molar-refractivity contribution in [1.82, 2.24) is 19.6 Å². The third-order valence-electron chi connectivity index (χ3n) is 3.99. The Balaban J connectivity index is 1.62. The number of hydrogen-bond donors (Lipinski definition) is 2. The summed E-state index contributed by atoms with van der Waals surface area (Å²) in [6.07, 6.45) is 5.30. The zero-order valence-corrected chi connectivity index (χ0v) is 16.5. The first-order chi connectivity index (χ1) is 13.2. The quantitative estimate of drug-likeness (QED) is 0.329. The average molecular weight is 444 g/mol. The molecule has 8 heteroatoms.